The van der Waals surface area contributed by atoms with Gasteiger partial charge >= 0.3 is 5.04 Å². The van der Waals surface area contributed by atoms with Crippen LogP contribution >= 0.6 is 0 Å². The largest absolute Gasteiger partial charge is 0.490 e. The van der Waals surface area contributed by atoms with Crippen LogP contribution in [-0.2, 0) is 9.84 Å². The Labute approximate surface area is 248 Å². The van der Waals surface area contributed by atoms with Crippen LogP contribution in [0.2, 0.25) is 0 Å². The summed E-state index contributed by atoms with van der Waals surface area (Å²) in [5, 5.41) is 2.11. The molecule has 0 aromatic heterocycles. The van der Waals surface area contributed by atoms with E-state index in [4.69, 9.17) is 9.47 Å². The fourth-order valence-electron chi connectivity index (χ4n) is 4.84. The van der Waals surface area contributed by atoms with E-state index in [0.717, 1.165) is 67.5 Å². The van der Waals surface area contributed by atoms with Gasteiger partial charge in [0.15, 0.2) is 11.5 Å². The SMILES string of the molecule is CCCCCCOc1cc2ccc(S(=O)(=O)C(=[N+]=[N-])C(=O)c3ccc4ccccc4c3)cc2cc1OCCCCCC. The number of fused-ring (bicyclic) bond motifs is 2. The summed E-state index contributed by atoms with van der Waals surface area (Å²) in [6.45, 7) is 5.41. The fourth-order valence-corrected chi connectivity index (χ4v) is 6.06. The molecule has 0 unspecified atom stereocenters. The van der Waals surface area contributed by atoms with Gasteiger partial charge in [0, 0.05) is 5.56 Å². The Balaban J connectivity index is 1.63. The summed E-state index contributed by atoms with van der Waals surface area (Å²) in [6.07, 6.45) is 8.55. The summed E-state index contributed by atoms with van der Waals surface area (Å²) >= 11 is 0. The summed E-state index contributed by atoms with van der Waals surface area (Å²) in [7, 11) is -4.44. The number of benzene rings is 4. The molecule has 42 heavy (non-hydrogen) atoms. The van der Waals surface area contributed by atoms with Crippen LogP contribution in [0.15, 0.2) is 77.7 Å². The average Bonchev–Trinajstić information content (AvgIpc) is 3.00. The maximum atomic E-state index is 13.6. The van der Waals surface area contributed by atoms with Crippen LogP contribution < -0.4 is 9.47 Å². The first-order valence-corrected chi connectivity index (χ1v) is 16.2. The number of Topliss-reactive ketones (excluding diaryl/α,β-unsaturated/α-hetero) is 1. The van der Waals surface area contributed by atoms with Crippen LogP contribution in [0.3, 0.4) is 0 Å². The molecule has 0 aliphatic heterocycles. The molecule has 0 aliphatic carbocycles. The predicted octanol–water partition coefficient (Wildman–Crippen LogP) is 8.20. The number of sulfone groups is 1. The first-order chi connectivity index (χ1) is 20.4. The molecule has 4 aromatic carbocycles. The number of rotatable bonds is 15. The Morgan fingerprint density at radius 3 is 1.88 bits per heavy atom. The number of hydrogen-bond donors (Lipinski definition) is 0. The molecule has 0 N–H and O–H groups in total. The minimum Gasteiger partial charge on any atom is -0.490 e. The number of hydrogen-bond acceptors (Lipinski definition) is 5. The van der Waals surface area contributed by atoms with Crippen molar-refractivity contribution in [3.8, 4) is 11.5 Å². The lowest BCUT2D eigenvalue weighted by Crippen LogP contribution is -2.26. The zero-order chi connectivity index (χ0) is 30.0. The summed E-state index contributed by atoms with van der Waals surface area (Å²) in [5.74, 6) is 0.285. The molecule has 4 rings (SSSR count). The van der Waals surface area contributed by atoms with E-state index in [1.54, 1.807) is 24.3 Å². The lowest BCUT2D eigenvalue weighted by atomic mass is 10.0. The monoisotopic (exact) mass is 586 g/mol. The van der Waals surface area contributed by atoms with Gasteiger partial charge in [0.1, 0.15) is 0 Å². The van der Waals surface area contributed by atoms with Gasteiger partial charge in [-0.2, -0.15) is 0 Å². The van der Waals surface area contributed by atoms with E-state index in [9.17, 15) is 18.7 Å². The smallest absolute Gasteiger partial charge is 0.456 e. The molecule has 8 heteroatoms. The second kappa shape index (κ2) is 14.8. The van der Waals surface area contributed by atoms with Crippen molar-refractivity contribution in [3.63, 3.8) is 0 Å². The van der Waals surface area contributed by atoms with Gasteiger partial charge in [-0.05, 0) is 64.7 Å². The fraction of sp³-hybridized carbons (Fsp3) is 0.353. The van der Waals surface area contributed by atoms with Gasteiger partial charge < -0.3 is 15.0 Å². The number of ketones is 1. The number of nitrogens with zero attached hydrogens (tertiary/aromatic N) is 2. The number of carbonyl (C=O) groups is 1. The molecule has 0 amide bonds. The third kappa shape index (κ3) is 7.44. The molecule has 0 aliphatic rings. The molecule has 0 radical (unpaired) electrons. The van der Waals surface area contributed by atoms with E-state index < -0.39 is 20.7 Å². The van der Waals surface area contributed by atoms with Crippen molar-refractivity contribution in [2.24, 2.45) is 0 Å². The lowest BCUT2D eigenvalue weighted by molar-refractivity contribution is -0.00158. The van der Waals surface area contributed by atoms with Crippen LogP contribution in [0, 0.1) is 0 Å². The highest BCUT2D eigenvalue weighted by molar-refractivity contribution is 8.08. The van der Waals surface area contributed by atoms with Crippen molar-refractivity contribution in [2.45, 2.75) is 70.1 Å². The molecular formula is C34H38N2O5S. The molecule has 0 fully saturated rings. The van der Waals surface area contributed by atoms with Gasteiger partial charge in [-0.3, -0.25) is 4.79 Å². The van der Waals surface area contributed by atoms with Gasteiger partial charge in [0.2, 0.25) is 0 Å². The zero-order valence-corrected chi connectivity index (χ0v) is 25.2. The molecule has 4 aromatic rings. The highest BCUT2D eigenvalue weighted by Crippen LogP contribution is 2.34. The van der Waals surface area contributed by atoms with Crippen LogP contribution in [-0.4, -0.2) is 37.2 Å². The Bertz CT molecular complexity index is 1710. The van der Waals surface area contributed by atoms with Crippen molar-refractivity contribution in [3.05, 3.63) is 83.9 Å². The van der Waals surface area contributed by atoms with E-state index in [1.165, 1.54) is 18.2 Å². The van der Waals surface area contributed by atoms with Gasteiger partial charge in [-0.25, -0.2) is 8.42 Å². The molecule has 0 saturated heterocycles. The minimum absolute atomic E-state index is 0.116. The molecular weight excluding hydrogens is 548 g/mol. The van der Waals surface area contributed by atoms with E-state index in [2.05, 4.69) is 18.6 Å². The summed E-state index contributed by atoms with van der Waals surface area (Å²) < 4.78 is 39.3. The van der Waals surface area contributed by atoms with Gasteiger partial charge in [-0.1, -0.05) is 94.8 Å². The van der Waals surface area contributed by atoms with Gasteiger partial charge in [0.25, 0.3) is 15.6 Å². The van der Waals surface area contributed by atoms with Crippen molar-refractivity contribution in [1.29, 1.82) is 0 Å². The Morgan fingerprint density at radius 1 is 0.690 bits per heavy atom. The summed E-state index contributed by atoms with van der Waals surface area (Å²) in [6, 6.07) is 20.4. The van der Waals surface area contributed by atoms with E-state index >= 15 is 0 Å². The second-order valence-corrected chi connectivity index (χ2v) is 12.3. The lowest BCUT2D eigenvalue weighted by Gasteiger charge is -2.15. The average molecular weight is 587 g/mol. The highest BCUT2D eigenvalue weighted by Gasteiger charge is 2.38. The maximum absolute atomic E-state index is 13.6. The zero-order valence-electron chi connectivity index (χ0n) is 24.3. The van der Waals surface area contributed by atoms with Crippen LogP contribution in [0.25, 0.3) is 27.1 Å². The second-order valence-electron chi connectivity index (χ2n) is 10.4. The molecule has 0 bridgehead atoms. The van der Waals surface area contributed by atoms with Crippen molar-refractivity contribution in [1.82, 2.24) is 0 Å². The van der Waals surface area contributed by atoms with Crippen molar-refractivity contribution >= 4 is 42.2 Å². The molecule has 7 nitrogen and oxygen atoms in total. The van der Waals surface area contributed by atoms with Crippen LogP contribution in [0.4, 0.5) is 0 Å². The number of unbranched alkanes of at least 4 members (excludes halogenated alkanes) is 6. The summed E-state index contributed by atoms with van der Waals surface area (Å²) in [4.78, 5) is 16.1. The minimum atomic E-state index is -4.44. The first-order valence-electron chi connectivity index (χ1n) is 14.7. The van der Waals surface area contributed by atoms with E-state index in [-0.39, 0.29) is 10.5 Å². The van der Waals surface area contributed by atoms with E-state index in [1.807, 2.05) is 30.3 Å². The maximum Gasteiger partial charge on any atom is 0.456 e. The van der Waals surface area contributed by atoms with E-state index in [0.29, 0.717) is 30.1 Å². The van der Waals surface area contributed by atoms with Crippen molar-refractivity contribution < 1.29 is 27.5 Å². The first kappa shape index (κ1) is 30.9. The van der Waals surface area contributed by atoms with Crippen LogP contribution in [0.5, 0.6) is 11.5 Å². The van der Waals surface area contributed by atoms with Gasteiger partial charge in [-0.15, -0.1) is 4.79 Å². The molecule has 0 spiro atoms. The predicted molar refractivity (Wildman–Crippen MR) is 167 cm³/mol. The molecule has 0 saturated carbocycles. The number of carbonyl (C=O) groups excluding carboxylic acids is 1. The Kier molecular flexibility index (Phi) is 10.9. The highest BCUT2D eigenvalue weighted by atomic mass is 32.2. The molecule has 220 valence electrons. The standard InChI is InChI=1S/C34H38N2O5S/c1-3-5-7-11-19-40-31-23-27-17-18-30(22-29(27)24-32(31)41-20-12-8-6-4-2)42(38,39)34(36-35)33(37)28-16-15-25-13-9-10-14-26(25)21-28/h9-10,13-18,21-24H,3-8,11-12,19-20H2,1-2H3. The Hall–Kier alpha value is -4.00. The topological polar surface area (TPSA) is 106 Å². The Morgan fingerprint density at radius 2 is 1.26 bits per heavy atom. The third-order valence-corrected chi connectivity index (χ3v) is 8.90. The molecule has 0 atom stereocenters. The quantitative estimate of drug-likeness (QED) is 0.0349. The molecule has 0 heterocycles. The normalized spacial score (nSPS) is 11.4. The van der Waals surface area contributed by atoms with Crippen LogP contribution in [0.1, 0.15) is 75.6 Å². The number of ether oxygens (including phenoxy) is 2. The summed E-state index contributed by atoms with van der Waals surface area (Å²) in [5.41, 5.74) is 9.82. The van der Waals surface area contributed by atoms with Crippen molar-refractivity contribution in [2.75, 3.05) is 13.2 Å². The third-order valence-electron chi connectivity index (χ3n) is 7.25. The van der Waals surface area contributed by atoms with Gasteiger partial charge in [0.05, 0.1) is 18.1 Å².